The van der Waals surface area contributed by atoms with E-state index in [4.69, 9.17) is 0 Å². The van der Waals surface area contributed by atoms with Crippen molar-refractivity contribution in [3.63, 3.8) is 0 Å². The number of amides is 1. The number of rotatable bonds is 6. The van der Waals surface area contributed by atoms with Crippen LogP contribution in [-0.4, -0.2) is 63.3 Å². The predicted octanol–water partition coefficient (Wildman–Crippen LogP) is 2.19. The Morgan fingerprint density at radius 1 is 1.27 bits per heavy atom. The van der Waals surface area contributed by atoms with Gasteiger partial charge in [-0.3, -0.25) is 4.79 Å². The average molecular weight is 404 g/mol. The monoisotopic (exact) mass is 403 g/mol. The van der Waals surface area contributed by atoms with Crippen LogP contribution in [0, 0.1) is 13.8 Å². The third kappa shape index (κ3) is 4.57. The standard InChI is InChI=1S/C18H29N3O3S.ClH/c1-6-9-21(16-7-8-19-12-16)18(22)15-10-13(2)14(3)17(11-15)25(23,24)20(4)5;/h10-11,16,19H,6-9,12H2,1-5H3;1H. The van der Waals surface area contributed by atoms with Gasteiger partial charge < -0.3 is 10.2 Å². The van der Waals surface area contributed by atoms with Crippen molar-refractivity contribution in [2.45, 2.75) is 44.6 Å². The van der Waals surface area contributed by atoms with Crippen LogP contribution in [0.5, 0.6) is 0 Å². The molecule has 1 heterocycles. The van der Waals surface area contributed by atoms with Crippen LogP contribution >= 0.6 is 12.4 Å². The number of hydrogen-bond donors (Lipinski definition) is 1. The van der Waals surface area contributed by atoms with Gasteiger partial charge in [-0.25, -0.2) is 12.7 Å². The molecule has 0 spiro atoms. The summed E-state index contributed by atoms with van der Waals surface area (Å²) in [6.07, 6.45) is 1.80. The maximum atomic E-state index is 13.1. The van der Waals surface area contributed by atoms with Gasteiger partial charge in [0.15, 0.2) is 0 Å². The van der Waals surface area contributed by atoms with E-state index in [2.05, 4.69) is 5.32 Å². The lowest BCUT2D eigenvalue weighted by Gasteiger charge is -2.29. The summed E-state index contributed by atoms with van der Waals surface area (Å²) < 4.78 is 26.4. The predicted molar refractivity (Wildman–Crippen MR) is 107 cm³/mol. The van der Waals surface area contributed by atoms with Crippen molar-refractivity contribution < 1.29 is 13.2 Å². The lowest BCUT2D eigenvalue weighted by Crippen LogP contribution is -2.42. The van der Waals surface area contributed by atoms with Gasteiger partial charge in [0.05, 0.1) is 4.90 Å². The molecule has 0 aliphatic carbocycles. The van der Waals surface area contributed by atoms with Gasteiger partial charge in [0.1, 0.15) is 0 Å². The number of carbonyl (C=O) groups excluding carboxylic acids is 1. The number of nitrogens with zero attached hydrogens (tertiary/aromatic N) is 2. The van der Waals surface area contributed by atoms with Gasteiger partial charge in [-0.1, -0.05) is 6.92 Å². The van der Waals surface area contributed by atoms with Gasteiger partial charge in [-0.15, -0.1) is 12.4 Å². The molecule has 1 aromatic rings. The van der Waals surface area contributed by atoms with Crippen LogP contribution in [0.4, 0.5) is 0 Å². The minimum absolute atomic E-state index is 0. The highest BCUT2D eigenvalue weighted by Gasteiger charge is 2.29. The Labute approximate surface area is 163 Å². The van der Waals surface area contributed by atoms with Crippen LogP contribution in [0.3, 0.4) is 0 Å². The van der Waals surface area contributed by atoms with Gasteiger partial charge in [0.25, 0.3) is 5.91 Å². The van der Waals surface area contributed by atoms with Crippen molar-refractivity contribution in [2.24, 2.45) is 0 Å². The van der Waals surface area contributed by atoms with Crippen molar-refractivity contribution >= 4 is 28.3 Å². The summed E-state index contributed by atoms with van der Waals surface area (Å²) in [5, 5.41) is 3.29. The Kier molecular flexibility index (Phi) is 8.07. The van der Waals surface area contributed by atoms with E-state index in [1.165, 1.54) is 24.5 Å². The summed E-state index contributed by atoms with van der Waals surface area (Å²) in [4.78, 5) is 15.2. The molecule has 8 heteroatoms. The first kappa shape index (κ1) is 22.9. The molecule has 0 bridgehead atoms. The maximum absolute atomic E-state index is 13.1. The molecule has 0 saturated carbocycles. The van der Waals surface area contributed by atoms with Crippen molar-refractivity contribution in [1.29, 1.82) is 0 Å². The highest BCUT2D eigenvalue weighted by atomic mass is 35.5. The minimum Gasteiger partial charge on any atom is -0.334 e. The number of hydrogen-bond acceptors (Lipinski definition) is 4. The summed E-state index contributed by atoms with van der Waals surface area (Å²) in [7, 11) is -0.581. The van der Waals surface area contributed by atoms with Gasteiger partial charge in [-0.2, -0.15) is 0 Å². The number of sulfonamides is 1. The van der Waals surface area contributed by atoms with E-state index in [0.717, 1.165) is 31.5 Å². The van der Waals surface area contributed by atoms with Crippen LogP contribution in [0.15, 0.2) is 17.0 Å². The number of nitrogens with one attached hydrogen (secondary N) is 1. The SMILES string of the molecule is CCCN(C(=O)c1cc(C)c(C)c(S(=O)(=O)N(C)C)c1)C1CCNC1.Cl. The number of aryl methyl sites for hydroxylation is 1. The van der Waals surface area contributed by atoms with Crippen molar-refractivity contribution in [1.82, 2.24) is 14.5 Å². The molecule has 1 N–H and O–H groups in total. The molecule has 26 heavy (non-hydrogen) atoms. The lowest BCUT2D eigenvalue weighted by atomic mass is 10.0. The van der Waals surface area contributed by atoms with Crippen LogP contribution in [0.1, 0.15) is 41.3 Å². The van der Waals surface area contributed by atoms with E-state index in [0.29, 0.717) is 17.7 Å². The van der Waals surface area contributed by atoms with Crippen LogP contribution < -0.4 is 5.32 Å². The zero-order chi connectivity index (χ0) is 18.8. The number of halogens is 1. The fraction of sp³-hybridized carbons (Fsp3) is 0.611. The van der Waals surface area contributed by atoms with Crippen molar-refractivity contribution in [3.8, 4) is 0 Å². The molecule has 148 valence electrons. The quantitative estimate of drug-likeness (QED) is 0.790. The first-order chi connectivity index (χ1) is 11.7. The number of benzene rings is 1. The first-order valence-electron chi connectivity index (χ1n) is 8.75. The normalized spacial score (nSPS) is 17.2. The third-order valence-corrected chi connectivity index (χ3v) is 6.77. The molecule has 1 aromatic carbocycles. The van der Waals surface area contributed by atoms with E-state index in [-0.39, 0.29) is 29.3 Å². The van der Waals surface area contributed by atoms with E-state index < -0.39 is 10.0 Å². The molecule has 1 saturated heterocycles. The topological polar surface area (TPSA) is 69.7 Å². The maximum Gasteiger partial charge on any atom is 0.254 e. The summed E-state index contributed by atoms with van der Waals surface area (Å²) in [6.45, 7) is 8.05. The third-order valence-electron chi connectivity index (χ3n) is 4.83. The second-order valence-electron chi connectivity index (χ2n) is 6.85. The summed E-state index contributed by atoms with van der Waals surface area (Å²) in [6, 6.07) is 3.51. The van der Waals surface area contributed by atoms with Crippen LogP contribution in [-0.2, 0) is 10.0 Å². The Morgan fingerprint density at radius 2 is 1.92 bits per heavy atom. The fourth-order valence-corrected chi connectivity index (χ4v) is 4.39. The molecule has 0 radical (unpaired) electrons. The Balaban J connectivity index is 0.00000338. The van der Waals surface area contributed by atoms with Gasteiger partial charge in [0, 0.05) is 38.8 Å². The minimum atomic E-state index is -3.59. The molecule has 1 fully saturated rings. The summed E-state index contributed by atoms with van der Waals surface area (Å²) in [5.41, 5.74) is 1.95. The van der Waals surface area contributed by atoms with E-state index in [1.54, 1.807) is 13.0 Å². The molecule has 1 unspecified atom stereocenters. The highest BCUT2D eigenvalue weighted by Crippen LogP contribution is 2.25. The van der Waals surface area contributed by atoms with E-state index in [1.807, 2.05) is 18.7 Å². The van der Waals surface area contributed by atoms with E-state index in [9.17, 15) is 13.2 Å². The fourth-order valence-electron chi connectivity index (χ4n) is 3.18. The second-order valence-corrected chi connectivity index (χ2v) is 8.97. The second kappa shape index (κ2) is 9.17. The largest absolute Gasteiger partial charge is 0.334 e. The van der Waals surface area contributed by atoms with Crippen LogP contribution in [0.25, 0.3) is 0 Å². The Hall–Kier alpha value is -1.15. The molecule has 1 amide bonds. The van der Waals surface area contributed by atoms with Gasteiger partial charge in [0.2, 0.25) is 10.0 Å². The molecular formula is C18H30ClN3O3S. The average Bonchev–Trinajstić information content (AvgIpc) is 3.08. The molecule has 1 atom stereocenters. The van der Waals surface area contributed by atoms with Crippen LogP contribution in [0.2, 0.25) is 0 Å². The molecule has 2 rings (SSSR count). The smallest absolute Gasteiger partial charge is 0.254 e. The summed E-state index contributed by atoms with van der Waals surface area (Å²) in [5.74, 6) is -0.0890. The van der Waals surface area contributed by atoms with Crippen molar-refractivity contribution in [2.75, 3.05) is 33.7 Å². The Morgan fingerprint density at radius 3 is 2.42 bits per heavy atom. The summed E-state index contributed by atoms with van der Waals surface area (Å²) >= 11 is 0. The molecule has 0 aromatic heterocycles. The molecular weight excluding hydrogens is 374 g/mol. The lowest BCUT2D eigenvalue weighted by molar-refractivity contribution is 0.0692. The highest BCUT2D eigenvalue weighted by molar-refractivity contribution is 7.89. The van der Waals surface area contributed by atoms with Crippen molar-refractivity contribution in [3.05, 3.63) is 28.8 Å². The van der Waals surface area contributed by atoms with Gasteiger partial charge in [-0.05, 0) is 56.5 Å². The zero-order valence-corrected chi connectivity index (χ0v) is 17.8. The molecule has 1 aliphatic rings. The van der Waals surface area contributed by atoms with Gasteiger partial charge >= 0.3 is 0 Å². The Bertz CT molecular complexity index is 744. The van der Waals surface area contributed by atoms with E-state index >= 15 is 0 Å². The molecule has 1 aliphatic heterocycles. The molecule has 6 nitrogen and oxygen atoms in total. The first-order valence-corrected chi connectivity index (χ1v) is 10.2. The number of carbonyl (C=O) groups is 1. The zero-order valence-electron chi connectivity index (χ0n) is 16.2.